The number of likely N-dealkylation sites (tertiary alicyclic amines) is 2. The van der Waals surface area contributed by atoms with Crippen LogP contribution in [0.25, 0.3) is 33.3 Å². The smallest absolute Gasteiger partial charge is 0.410 e. The third kappa shape index (κ3) is 7.38. The number of amides is 2. The van der Waals surface area contributed by atoms with Crippen LogP contribution in [0.5, 0.6) is 0 Å². The number of nitrogens with one attached hydrogen (secondary N) is 1. The lowest BCUT2D eigenvalue weighted by molar-refractivity contribution is -0.188. The van der Waals surface area contributed by atoms with Crippen molar-refractivity contribution in [3.8, 4) is 22.4 Å². The van der Waals surface area contributed by atoms with Gasteiger partial charge in [-0.1, -0.05) is 6.07 Å². The zero-order valence-electron chi connectivity index (χ0n) is 30.5. The van der Waals surface area contributed by atoms with E-state index >= 15 is 8.78 Å². The molecular formula is C39H47F2N7O4. The second-order valence-corrected chi connectivity index (χ2v) is 15.6. The van der Waals surface area contributed by atoms with Crippen LogP contribution in [0.15, 0.2) is 48.9 Å². The van der Waals surface area contributed by atoms with Crippen molar-refractivity contribution >= 4 is 28.7 Å². The highest BCUT2D eigenvalue weighted by Crippen LogP contribution is 2.51. The standard InChI is InChI=1S/C39H47F2N7O4/c1-25(49)44-35-18-30-31(22-46(5)34(30)20-43-35)33-17-28(16-32(45-33)27-8-15-51-23-27)26-6-7-29(42-19-26)21-47-12-9-38(39(40,41)24-47)10-13-48(14-11-38)36(50)52-37(2,3)4/h6-7,16-20,22,27H,8-15,21,23-24H2,1-5H3,(H,43,44,49). The van der Waals surface area contributed by atoms with Crippen LogP contribution in [0.1, 0.15) is 70.7 Å². The predicted molar refractivity (Wildman–Crippen MR) is 194 cm³/mol. The van der Waals surface area contributed by atoms with E-state index in [1.54, 1.807) is 43.0 Å². The second-order valence-electron chi connectivity index (χ2n) is 15.6. The summed E-state index contributed by atoms with van der Waals surface area (Å²) in [6.07, 6.45) is 6.90. The summed E-state index contributed by atoms with van der Waals surface area (Å²) < 4.78 is 44.9. The summed E-state index contributed by atoms with van der Waals surface area (Å²) in [6.45, 7) is 9.22. The molecule has 0 radical (unpaired) electrons. The molecule has 2 amide bonds. The highest BCUT2D eigenvalue weighted by molar-refractivity contribution is 5.98. The van der Waals surface area contributed by atoms with Crippen molar-refractivity contribution < 1.29 is 27.8 Å². The summed E-state index contributed by atoms with van der Waals surface area (Å²) in [7, 11) is 1.96. The summed E-state index contributed by atoms with van der Waals surface area (Å²) in [5.74, 6) is -2.46. The lowest BCUT2D eigenvalue weighted by atomic mass is 9.68. The summed E-state index contributed by atoms with van der Waals surface area (Å²) >= 11 is 0. The lowest BCUT2D eigenvalue weighted by Gasteiger charge is -2.51. The number of aryl methyl sites for hydroxylation is 1. The SMILES string of the molecule is CC(=O)Nc1cc2c(-c3cc(-c4ccc(CN5CCC6(CCN(C(=O)OC(C)(C)C)CC6)C(F)(F)C5)nc4)cc(C4CCOC4)n3)cn(C)c2cn1. The van der Waals surface area contributed by atoms with Crippen molar-refractivity contribution in [2.45, 2.75) is 77.4 Å². The van der Waals surface area contributed by atoms with Crippen LogP contribution >= 0.6 is 0 Å². The minimum Gasteiger partial charge on any atom is -0.444 e. The monoisotopic (exact) mass is 715 g/mol. The quantitative estimate of drug-likeness (QED) is 0.227. The number of ether oxygens (including phenoxy) is 2. The number of fused-ring (bicyclic) bond motifs is 1. The maximum absolute atomic E-state index is 15.9. The Kier molecular flexibility index (Phi) is 9.53. The molecule has 52 heavy (non-hydrogen) atoms. The number of piperidine rings is 2. The van der Waals surface area contributed by atoms with E-state index in [0.717, 1.165) is 51.1 Å². The number of nitrogens with zero attached hydrogens (tertiary/aromatic N) is 6. The van der Waals surface area contributed by atoms with Gasteiger partial charge in [0.2, 0.25) is 5.91 Å². The molecule has 3 saturated heterocycles. The molecule has 3 aliphatic rings. The summed E-state index contributed by atoms with van der Waals surface area (Å²) in [4.78, 5) is 41.9. The molecule has 4 aromatic rings. The summed E-state index contributed by atoms with van der Waals surface area (Å²) in [5.41, 5.74) is 4.37. The average Bonchev–Trinajstić information content (AvgIpc) is 3.74. The van der Waals surface area contributed by atoms with Crippen LogP contribution in [0, 0.1) is 5.41 Å². The van der Waals surface area contributed by atoms with Crippen LogP contribution in [0.2, 0.25) is 0 Å². The van der Waals surface area contributed by atoms with E-state index < -0.39 is 23.0 Å². The number of rotatable bonds is 6. The molecule has 1 atom stereocenters. The molecule has 0 saturated carbocycles. The Morgan fingerprint density at radius 1 is 1.04 bits per heavy atom. The lowest BCUT2D eigenvalue weighted by Crippen LogP contribution is -2.59. The first-order valence-electron chi connectivity index (χ1n) is 18.0. The number of carbonyl (C=O) groups is 2. The Morgan fingerprint density at radius 2 is 1.81 bits per heavy atom. The molecule has 1 unspecified atom stereocenters. The topological polar surface area (TPSA) is 115 Å². The Labute approximate surface area is 302 Å². The number of pyridine rings is 3. The molecule has 3 aliphatic heterocycles. The van der Waals surface area contributed by atoms with Crippen molar-refractivity contribution in [1.29, 1.82) is 0 Å². The molecule has 3 fully saturated rings. The number of alkyl halides is 2. The Hall–Kier alpha value is -4.49. The zero-order chi connectivity index (χ0) is 36.8. The molecular weight excluding hydrogens is 668 g/mol. The molecule has 4 aromatic heterocycles. The molecule has 7 rings (SSSR count). The van der Waals surface area contributed by atoms with Gasteiger partial charge in [0.1, 0.15) is 11.4 Å². The van der Waals surface area contributed by atoms with Gasteiger partial charge in [0.05, 0.1) is 36.3 Å². The molecule has 13 heteroatoms. The van der Waals surface area contributed by atoms with E-state index in [9.17, 15) is 9.59 Å². The highest BCUT2D eigenvalue weighted by atomic mass is 19.3. The molecule has 0 aromatic carbocycles. The summed E-state index contributed by atoms with van der Waals surface area (Å²) in [6, 6.07) is 9.91. The Morgan fingerprint density at radius 3 is 2.46 bits per heavy atom. The maximum atomic E-state index is 15.9. The first-order chi connectivity index (χ1) is 24.7. The van der Waals surface area contributed by atoms with Crippen LogP contribution < -0.4 is 5.32 Å². The van der Waals surface area contributed by atoms with Crippen LogP contribution in [0.3, 0.4) is 0 Å². The molecule has 11 nitrogen and oxygen atoms in total. The molecule has 1 N–H and O–H groups in total. The van der Waals surface area contributed by atoms with E-state index in [-0.39, 0.29) is 44.3 Å². The van der Waals surface area contributed by atoms with Crippen LogP contribution in [-0.2, 0) is 27.9 Å². The van der Waals surface area contributed by atoms with Gasteiger partial charge in [-0.3, -0.25) is 19.7 Å². The van der Waals surface area contributed by atoms with Crippen molar-refractivity contribution in [3.63, 3.8) is 0 Å². The normalized spacial score (nSPS) is 20.4. The number of hydrogen-bond acceptors (Lipinski definition) is 8. The van der Waals surface area contributed by atoms with Gasteiger partial charge >= 0.3 is 6.09 Å². The second kappa shape index (κ2) is 13.8. The molecule has 276 valence electrons. The van der Waals surface area contributed by atoms with E-state index in [1.165, 1.54) is 6.92 Å². The fourth-order valence-corrected chi connectivity index (χ4v) is 7.76. The number of hydrogen-bond donors (Lipinski definition) is 1. The van der Waals surface area contributed by atoms with E-state index in [0.29, 0.717) is 38.5 Å². The van der Waals surface area contributed by atoms with Gasteiger partial charge in [-0.15, -0.1) is 0 Å². The summed E-state index contributed by atoms with van der Waals surface area (Å²) in [5, 5.41) is 3.70. The van der Waals surface area contributed by atoms with Crippen molar-refractivity contribution in [1.82, 2.24) is 29.3 Å². The highest BCUT2D eigenvalue weighted by Gasteiger charge is 2.57. The first kappa shape index (κ1) is 35.9. The fraction of sp³-hybridized carbons (Fsp3) is 0.513. The van der Waals surface area contributed by atoms with E-state index in [2.05, 4.69) is 16.4 Å². The maximum Gasteiger partial charge on any atom is 0.410 e. The van der Waals surface area contributed by atoms with Gasteiger partial charge in [0.25, 0.3) is 5.92 Å². The largest absolute Gasteiger partial charge is 0.444 e. The van der Waals surface area contributed by atoms with Gasteiger partial charge in [-0.2, -0.15) is 0 Å². The first-order valence-corrected chi connectivity index (χ1v) is 18.0. The van der Waals surface area contributed by atoms with Gasteiger partial charge in [-0.05, 0) is 82.8 Å². The number of aromatic nitrogens is 4. The van der Waals surface area contributed by atoms with Crippen LogP contribution in [0.4, 0.5) is 19.4 Å². The number of halogens is 2. The minimum atomic E-state index is -2.89. The van der Waals surface area contributed by atoms with Crippen molar-refractivity contribution in [3.05, 3.63) is 60.3 Å². The average molecular weight is 716 g/mol. The molecule has 1 spiro atoms. The van der Waals surface area contributed by atoms with Crippen molar-refractivity contribution in [2.24, 2.45) is 12.5 Å². The number of carbonyl (C=O) groups excluding carboxylic acids is 2. The number of anilines is 1. The Bertz CT molecular complexity index is 1960. The van der Waals surface area contributed by atoms with Gasteiger partial charge in [0.15, 0.2) is 0 Å². The van der Waals surface area contributed by atoms with Crippen molar-refractivity contribution in [2.75, 3.05) is 44.7 Å². The minimum absolute atomic E-state index is 0.158. The van der Waals surface area contributed by atoms with Gasteiger partial charge in [-0.25, -0.2) is 18.6 Å². The Balaban J connectivity index is 1.08. The third-order valence-electron chi connectivity index (χ3n) is 10.7. The zero-order valence-corrected chi connectivity index (χ0v) is 30.5. The fourth-order valence-electron chi connectivity index (χ4n) is 7.76. The van der Waals surface area contributed by atoms with E-state index in [4.69, 9.17) is 19.4 Å². The molecule has 7 heterocycles. The predicted octanol–water partition coefficient (Wildman–Crippen LogP) is 7.02. The van der Waals surface area contributed by atoms with Gasteiger partial charge < -0.3 is 24.3 Å². The van der Waals surface area contributed by atoms with E-state index in [1.807, 2.05) is 42.1 Å². The van der Waals surface area contributed by atoms with Gasteiger partial charge in [0, 0.05) is 86.1 Å². The molecule has 0 bridgehead atoms. The third-order valence-corrected chi connectivity index (χ3v) is 10.7. The van der Waals surface area contributed by atoms with Crippen LogP contribution in [-0.4, -0.2) is 92.2 Å². The molecule has 0 aliphatic carbocycles.